The number of ether oxygens (including phenoxy) is 2. The highest BCUT2D eigenvalue weighted by atomic mass is 32.1. The van der Waals surface area contributed by atoms with Gasteiger partial charge in [0.2, 0.25) is 0 Å². The van der Waals surface area contributed by atoms with Crippen LogP contribution in [0, 0.1) is 27.7 Å². The Labute approximate surface area is 230 Å². The van der Waals surface area contributed by atoms with E-state index < -0.39 is 11.2 Å². The number of rotatable bonds is 6. The molecule has 0 spiro atoms. The van der Waals surface area contributed by atoms with E-state index in [2.05, 4.69) is 48.4 Å². The molecule has 0 fully saturated rings. The molecule has 9 heteroatoms. The Bertz CT molecular complexity index is 1160. The fourth-order valence-corrected chi connectivity index (χ4v) is 4.11. The van der Waals surface area contributed by atoms with Crippen molar-refractivity contribution in [3.63, 3.8) is 0 Å². The van der Waals surface area contributed by atoms with Crippen molar-refractivity contribution in [3.05, 3.63) is 52.2 Å². The monoisotopic (exact) mass is 540 g/mol. The molecule has 206 valence electrons. The van der Waals surface area contributed by atoms with Gasteiger partial charge >= 0.3 is 11.9 Å². The molecule has 3 heterocycles. The number of aryl methyl sites for hydroxylation is 2. The van der Waals surface area contributed by atoms with Crippen LogP contribution < -0.4 is 5.32 Å². The Balaban J connectivity index is 0.000000275. The van der Waals surface area contributed by atoms with Gasteiger partial charge in [0.1, 0.15) is 27.6 Å². The van der Waals surface area contributed by atoms with E-state index in [1.54, 1.807) is 52.9 Å². The maximum absolute atomic E-state index is 11.3. The maximum Gasteiger partial charge on any atom is 0.320 e. The highest BCUT2D eigenvalue weighted by Gasteiger charge is 2.18. The number of carbonyl (C=O) groups is 2. The van der Waals surface area contributed by atoms with Crippen molar-refractivity contribution in [2.24, 2.45) is 0 Å². The second kappa shape index (κ2) is 13.1. The summed E-state index contributed by atoms with van der Waals surface area (Å²) in [5.74, 6) is -0.776. The molecule has 0 saturated heterocycles. The summed E-state index contributed by atoms with van der Waals surface area (Å²) in [5.41, 5.74) is 6.69. The normalized spacial score (nSPS) is 11.4. The summed E-state index contributed by atoms with van der Waals surface area (Å²) >= 11 is 1.62. The summed E-state index contributed by atoms with van der Waals surface area (Å²) in [6.07, 6.45) is 3.68. The van der Waals surface area contributed by atoms with Gasteiger partial charge in [0.05, 0.1) is 18.8 Å². The van der Waals surface area contributed by atoms with Crippen LogP contribution in [0.4, 0.5) is 0 Å². The topological polar surface area (TPSA) is 103 Å². The van der Waals surface area contributed by atoms with E-state index in [9.17, 15) is 9.59 Å². The number of pyridine rings is 2. The lowest BCUT2D eigenvalue weighted by molar-refractivity contribution is -0.155. The zero-order valence-electron chi connectivity index (χ0n) is 24.2. The molecule has 3 aromatic heterocycles. The van der Waals surface area contributed by atoms with Crippen molar-refractivity contribution >= 4 is 23.3 Å². The number of hydrogen-bond donors (Lipinski definition) is 1. The van der Waals surface area contributed by atoms with Crippen LogP contribution in [0.3, 0.4) is 0 Å². The van der Waals surface area contributed by atoms with Gasteiger partial charge in [0.25, 0.3) is 0 Å². The molecule has 0 radical (unpaired) electrons. The Kier molecular flexibility index (Phi) is 10.7. The zero-order valence-corrected chi connectivity index (χ0v) is 25.0. The van der Waals surface area contributed by atoms with Gasteiger partial charge in [-0.25, -0.2) is 4.98 Å². The van der Waals surface area contributed by atoms with Gasteiger partial charge in [-0.15, -0.1) is 11.3 Å². The molecule has 0 aliphatic rings. The molecule has 8 nitrogen and oxygen atoms in total. The highest BCUT2D eigenvalue weighted by molar-refractivity contribution is 7.13. The van der Waals surface area contributed by atoms with Crippen LogP contribution in [-0.2, 0) is 19.1 Å². The molecule has 0 aliphatic carbocycles. The molecule has 38 heavy (non-hydrogen) atoms. The van der Waals surface area contributed by atoms with Gasteiger partial charge < -0.3 is 9.47 Å². The first-order valence-electron chi connectivity index (χ1n) is 12.5. The number of nitrogens with one attached hydrogen (secondary N) is 1. The van der Waals surface area contributed by atoms with Crippen LogP contribution in [-0.4, -0.2) is 51.2 Å². The van der Waals surface area contributed by atoms with Crippen molar-refractivity contribution in [2.45, 2.75) is 80.4 Å². The second-order valence-electron chi connectivity index (χ2n) is 11.0. The van der Waals surface area contributed by atoms with Gasteiger partial charge in [0.15, 0.2) is 0 Å². The molecule has 3 rings (SSSR count). The molecule has 0 bridgehead atoms. The fourth-order valence-electron chi connectivity index (χ4n) is 3.25. The molecule has 0 atom stereocenters. The van der Waals surface area contributed by atoms with E-state index in [-0.39, 0.29) is 25.0 Å². The molecule has 0 unspecified atom stereocenters. The highest BCUT2D eigenvalue weighted by Crippen LogP contribution is 2.31. The SMILES string of the molecule is CC(C)(C)OC(=O)CNCC(=O)OC(C)(C)C.Cc1ccnc(-c2csc(-c3nccc(C)c3C)n2)c1C. The first-order chi connectivity index (χ1) is 17.6. The van der Waals surface area contributed by atoms with E-state index in [4.69, 9.17) is 14.5 Å². The van der Waals surface area contributed by atoms with E-state index in [1.165, 1.54) is 22.3 Å². The van der Waals surface area contributed by atoms with Crippen LogP contribution >= 0.6 is 11.3 Å². The zero-order chi connectivity index (χ0) is 28.7. The number of thiazole rings is 1. The van der Waals surface area contributed by atoms with Crippen molar-refractivity contribution < 1.29 is 19.1 Å². The van der Waals surface area contributed by atoms with Crippen LogP contribution in [0.5, 0.6) is 0 Å². The Morgan fingerprint density at radius 2 is 1.24 bits per heavy atom. The quantitative estimate of drug-likeness (QED) is 0.394. The molecular formula is C29H40N4O4S. The van der Waals surface area contributed by atoms with Crippen molar-refractivity contribution in [2.75, 3.05) is 13.1 Å². The van der Waals surface area contributed by atoms with E-state index in [0.29, 0.717) is 0 Å². The molecule has 0 aromatic carbocycles. The Hall–Kier alpha value is -3.17. The summed E-state index contributed by atoms with van der Waals surface area (Å²) in [6.45, 7) is 19.1. The Morgan fingerprint density at radius 3 is 1.71 bits per heavy atom. The minimum Gasteiger partial charge on any atom is -0.459 e. The third-order valence-corrected chi connectivity index (χ3v) is 6.13. The van der Waals surface area contributed by atoms with Crippen molar-refractivity contribution in [3.8, 4) is 22.1 Å². The molecule has 0 aliphatic heterocycles. The van der Waals surface area contributed by atoms with Gasteiger partial charge in [-0.1, -0.05) is 0 Å². The predicted molar refractivity (Wildman–Crippen MR) is 152 cm³/mol. The number of nitrogens with zero attached hydrogens (tertiary/aromatic N) is 3. The third kappa shape index (κ3) is 9.95. The molecule has 3 aromatic rings. The number of esters is 2. The summed E-state index contributed by atoms with van der Waals surface area (Å²) in [6, 6.07) is 4.05. The third-order valence-electron chi connectivity index (χ3n) is 5.28. The fraction of sp³-hybridized carbons (Fsp3) is 0.483. The average Bonchev–Trinajstić information content (AvgIpc) is 3.25. The summed E-state index contributed by atoms with van der Waals surface area (Å²) in [4.78, 5) is 36.3. The van der Waals surface area contributed by atoms with Gasteiger partial charge in [-0.2, -0.15) is 0 Å². The van der Waals surface area contributed by atoms with Crippen LogP contribution in [0.2, 0.25) is 0 Å². The minimum atomic E-state index is -0.509. The summed E-state index contributed by atoms with van der Waals surface area (Å²) in [5, 5.41) is 5.70. The average molecular weight is 541 g/mol. The van der Waals surface area contributed by atoms with Crippen LogP contribution in [0.1, 0.15) is 63.8 Å². The van der Waals surface area contributed by atoms with Crippen LogP contribution in [0.25, 0.3) is 22.1 Å². The maximum atomic E-state index is 11.3. The van der Waals surface area contributed by atoms with Gasteiger partial charge in [-0.3, -0.25) is 24.9 Å². The lowest BCUT2D eigenvalue weighted by atomic mass is 10.1. The summed E-state index contributed by atoms with van der Waals surface area (Å²) in [7, 11) is 0. The second-order valence-corrected chi connectivity index (χ2v) is 11.9. The molecule has 1 N–H and O–H groups in total. The van der Waals surface area contributed by atoms with Gasteiger partial charge in [-0.05, 0) is 104 Å². The van der Waals surface area contributed by atoms with Crippen LogP contribution in [0.15, 0.2) is 29.9 Å². The standard InChI is InChI=1S/C17H17N3S.C12H23NO4/c1-10-5-7-18-15(12(10)3)14-9-21-17(20-14)16-13(4)11(2)6-8-19-16;1-11(2,3)16-9(14)7-13-8-10(15)17-12(4,5)6/h5-9H,1-4H3;13H,7-8H2,1-6H3. The smallest absolute Gasteiger partial charge is 0.320 e. The number of aromatic nitrogens is 3. The first kappa shape index (κ1) is 31.1. The molecule has 0 saturated carbocycles. The minimum absolute atomic E-state index is 0.00346. The largest absolute Gasteiger partial charge is 0.459 e. The van der Waals surface area contributed by atoms with Crippen molar-refractivity contribution in [1.82, 2.24) is 20.3 Å². The number of carbonyl (C=O) groups excluding carboxylic acids is 2. The predicted octanol–water partition coefficient (Wildman–Crippen LogP) is 5.76. The molecule has 0 amide bonds. The van der Waals surface area contributed by atoms with E-state index >= 15 is 0 Å². The lowest BCUT2D eigenvalue weighted by Gasteiger charge is -2.20. The van der Waals surface area contributed by atoms with Gasteiger partial charge in [0, 0.05) is 17.8 Å². The lowest BCUT2D eigenvalue weighted by Crippen LogP contribution is -2.36. The van der Waals surface area contributed by atoms with Crippen molar-refractivity contribution in [1.29, 1.82) is 0 Å². The molecular weight excluding hydrogens is 500 g/mol. The first-order valence-corrected chi connectivity index (χ1v) is 13.4. The van der Waals surface area contributed by atoms with E-state index in [1.807, 2.05) is 24.5 Å². The summed E-state index contributed by atoms with van der Waals surface area (Å²) < 4.78 is 10.1. The Morgan fingerprint density at radius 1 is 0.789 bits per heavy atom. The van der Waals surface area contributed by atoms with E-state index in [0.717, 1.165) is 22.1 Å². The number of hydrogen-bond acceptors (Lipinski definition) is 9.